The van der Waals surface area contributed by atoms with Gasteiger partial charge in [0.15, 0.2) is 18.1 Å². The number of ether oxygens (including phenoxy) is 3. The zero-order valence-electron chi connectivity index (χ0n) is 11.2. The molecule has 1 unspecified atom stereocenters. The highest BCUT2D eigenvalue weighted by Gasteiger charge is 2.14. The largest absolute Gasteiger partial charge is 0.493 e. The normalized spacial score (nSPS) is 11.8. The molecule has 1 aromatic carbocycles. The maximum absolute atomic E-state index is 11.1. The number of hydrogen-bond donors (Lipinski definition) is 1. The topological polar surface area (TPSA) is 70.8 Å². The van der Waals surface area contributed by atoms with Crippen LogP contribution < -0.4 is 15.2 Å². The summed E-state index contributed by atoms with van der Waals surface area (Å²) in [5.74, 6) is 0.573. The molecule has 1 aromatic rings. The Balaban J connectivity index is 2.94. The van der Waals surface area contributed by atoms with Crippen LogP contribution in [-0.2, 0) is 16.0 Å². The second-order valence-electron chi connectivity index (χ2n) is 4.16. The fourth-order valence-electron chi connectivity index (χ4n) is 1.59. The van der Waals surface area contributed by atoms with Gasteiger partial charge in [0, 0.05) is 6.04 Å². The van der Waals surface area contributed by atoms with Gasteiger partial charge in [0.05, 0.1) is 18.7 Å². The maximum atomic E-state index is 11.1. The number of methoxy groups -OCH3 is 2. The molecule has 6 heteroatoms. The molecule has 1 rings (SSSR count). The first kappa shape index (κ1) is 15.8. The van der Waals surface area contributed by atoms with E-state index in [9.17, 15) is 4.79 Å². The van der Waals surface area contributed by atoms with Crippen molar-refractivity contribution in [3.05, 3.63) is 22.2 Å². The number of benzene rings is 1. The van der Waals surface area contributed by atoms with Crippen molar-refractivity contribution in [1.82, 2.24) is 0 Å². The minimum atomic E-state index is -0.450. The molecule has 0 heterocycles. The Labute approximate surface area is 121 Å². The lowest BCUT2D eigenvalue weighted by Crippen LogP contribution is -2.18. The highest BCUT2D eigenvalue weighted by atomic mass is 79.9. The van der Waals surface area contributed by atoms with Crippen LogP contribution in [0.3, 0.4) is 0 Å². The Morgan fingerprint density at radius 2 is 2.11 bits per heavy atom. The summed E-state index contributed by atoms with van der Waals surface area (Å²) < 4.78 is 15.9. The molecule has 0 aliphatic carbocycles. The molecule has 0 amide bonds. The SMILES string of the molecule is COC(=O)COc1c(Br)cc(CC(C)N)cc1OC. The van der Waals surface area contributed by atoms with Crippen LogP contribution >= 0.6 is 15.9 Å². The van der Waals surface area contributed by atoms with E-state index in [-0.39, 0.29) is 12.6 Å². The molecule has 0 radical (unpaired) electrons. The number of nitrogens with two attached hydrogens (primary N) is 1. The molecule has 0 aliphatic heterocycles. The van der Waals surface area contributed by atoms with Crippen LogP contribution in [0.15, 0.2) is 16.6 Å². The Hall–Kier alpha value is -1.27. The maximum Gasteiger partial charge on any atom is 0.343 e. The molecule has 0 spiro atoms. The van der Waals surface area contributed by atoms with E-state index in [0.717, 1.165) is 12.0 Å². The van der Waals surface area contributed by atoms with Crippen LogP contribution in [0.1, 0.15) is 12.5 Å². The number of rotatable bonds is 6. The number of carbonyl (C=O) groups excluding carboxylic acids is 1. The van der Waals surface area contributed by atoms with E-state index in [1.54, 1.807) is 7.11 Å². The highest BCUT2D eigenvalue weighted by Crippen LogP contribution is 2.36. The van der Waals surface area contributed by atoms with E-state index in [1.165, 1.54) is 7.11 Å². The lowest BCUT2D eigenvalue weighted by atomic mass is 10.1. The second-order valence-corrected chi connectivity index (χ2v) is 5.01. The monoisotopic (exact) mass is 331 g/mol. The van der Waals surface area contributed by atoms with Gasteiger partial charge in [-0.1, -0.05) is 0 Å². The van der Waals surface area contributed by atoms with Gasteiger partial charge in [-0.05, 0) is 47.0 Å². The third-order valence-corrected chi connectivity index (χ3v) is 3.00. The van der Waals surface area contributed by atoms with Crippen molar-refractivity contribution in [1.29, 1.82) is 0 Å². The molecule has 1 atom stereocenters. The summed E-state index contributed by atoms with van der Waals surface area (Å²) in [5, 5.41) is 0. The minimum Gasteiger partial charge on any atom is -0.493 e. The molecule has 0 bridgehead atoms. The lowest BCUT2D eigenvalue weighted by Gasteiger charge is -2.14. The molecule has 0 saturated carbocycles. The molecule has 0 aliphatic rings. The Morgan fingerprint density at radius 1 is 1.42 bits per heavy atom. The van der Waals surface area contributed by atoms with Gasteiger partial charge in [0.2, 0.25) is 0 Å². The third-order valence-electron chi connectivity index (χ3n) is 2.41. The molecule has 106 valence electrons. The van der Waals surface area contributed by atoms with Crippen LogP contribution in [0.4, 0.5) is 0 Å². The van der Waals surface area contributed by atoms with Crippen molar-refractivity contribution in [2.24, 2.45) is 5.73 Å². The van der Waals surface area contributed by atoms with Crippen LogP contribution in [0.25, 0.3) is 0 Å². The Morgan fingerprint density at radius 3 is 2.63 bits per heavy atom. The van der Waals surface area contributed by atoms with Gasteiger partial charge in [0.25, 0.3) is 0 Å². The van der Waals surface area contributed by atoms with Gasteiger partial charge >= 0.3 is 5.97 Å². The van der Waals surface area contributed by atoms with Gasteiger partial charge in [0.1, 0.15) is 0 Å². The van der Waals surface area contributed by atoms with Crippen LogP contribution in [0, 0.1) is 0 Å². The van der Waals surface area contributed by atoms with E-state index in [2.05, 4.69) is 20.7 Å². The highest BCUT2D eigenvalue weighted by molar-refractivity contribution is 9.10. The molecule has 0 fully saturated rings. The fraction of sp³-hybridized carbons (Fsp3) is 0.462. The summed E-state index contributed by atoms with van der Waals surface area (Å²) in [7, 11) is 2.85. The standard InChI is InChI=1S/C13H18BrNO4/c1-8(15)4-9-5-10(14)13(11(6-9)17-2)19-7-12(16)18-3/h5-6,8H,4,7,15H2,1-3H3. The molecule has 0 saturated heterocycles. The summed E-state index contributed by atoms with van der Waals surface area (Å²) >= 11 is 3.40. The van der Waals surface area contributed by atoms with E-state index in [0.29, 0.717) is 16.0 Å². The summed E-state index contributed by atoms with van der Waals surface area (Å²) in [6.07, 6.45) is 0.728. The van der Waals surface area contributed by atoms with Crippen molar-refractivity contribution < 1.29 is 19.0 Å². The zero-order chi connectivity index (χ0) is 14.4. The van der Waals surface area contributed by atoms with E-state index in [1.807, 2.05) is 19.1 Å². The number of hydrogen-bond acceptors (Lipinski definition) is 5. The summed E-state index contributed by atoms with van der Waals surface area (Å²) in [6.45, 7) is 1.76. The fourth-order valence-corrected chi connectivity index (χ4v) is 2.20. The van der Waals surface area contributed by atoms with Crippen LogP contribution in [-0.4, -0.2) is 32.8 Å². The molecule has 5 nitrogen and oxygen atoms in total. The number of carbonyl (C=O) groups is 1. The van der Waals surface area contributed by atoms with Crippen molar-refractivity contribution in [3.63, 3.8) is 0 Å². The van der Waals surface area contributed by atoms with Crippen molar-refractivity contribution in [2.45, 2.75) is 19.4 Å². The predicted octanol–water partition coefficient (Wildman–Crippen LogP) is 1.90. The molecular weight excluding hydrogens is 314 g/mol. The lowest BCUT2D eigenvalue weighted by molar-refractivity contribution is -0.142. The Kier molecular flexibility index (Phi) is 6.11. The number of halogens is 1. The van der Waals surface area contributed by atoms with Gasteiger partial charge in [-0.15, -0.1) is 0 Å². The van der Waals surface area contributed by atoms with Crippen molar-refractivity contribution >= 4 is 21.9 Å². The van der Waals surface area contributed by atoms with Gasteiger partial charge in [-0.25, -0.2) is 4.79 Å². The molecule has 19 heavy (non-hydrogen) atoms. The zero-order valence-corrected chi connectivity index (χ0v) is 12.8. The average molecular weight is 332 g/mol. The Bertz CT molecular complexity index is 449. The van der Waals surface area contributed by atoms with Crippen molar-refractivity contribution in [2.75, 3.05) is 20.8 Å². The summed E-state index contributed by atoms with van der Waals surface area (Å²) in [5.41, 5.74) is 6.80. The first-order valence-electron chi connectivity index (χ1n) is 5.79. The summed E-state index contributed by atoms with van der Waals surface area (Å²) in [4.78, 5) is 11.1. The van der Waals surface area contributed by atoms with Gasteiger partial charge in [-0.3, -0.25) is 0 Å². The number of esters is 1. The van der Waals surface area contributed by atoms with Crippen molar-refractivity contribution in [3.8, 4) is 11.5 Å². The molecular formula is C13H18BrNO4. The van der Waals surface area contributed by atoms with Gasteiger partial charge < -0.3 is 19.9 Å². The first-order valence-corrected chi connectivity index (χ1v) is 6.58. The van der Waals surface area contributed by atoms with E-state index >= 15 is 0 Å². The van der Waals surface area contributed by atoms with E-state index < -0.39 is 5.97 Å². The second kappa shape index (κ2) is 7.35. The average Bonchev–Trinajstić information content (AvgIpc) is 2.35. The third kappa shape index (κ3) is 4.72. The quantitative estimate of drug-likeness (QED) is 0.806. The van der Waals surface area contributed by atoms with Gasteiger partial charge in [-0.2, -0.15) is 0 Å². The summed E-state index contributed by atoms with van der Waals surface area (Å²) in [6, 6.07) is 3.80. The van der Waals surface area contributed by atoms with E-state index in [4.69, 9.17) is 15.2 Å². The van der Waals surface area contributed by atoms with Crippen LogP contribution in [0.2, 0.25) is 0 Å². The first-order chi connectivity index (χ1) is 8.97. The smallest absolute Gasteiger partial charge is 0.343 e. The van der Waals surface area contributed by atoms with Crippen LogP contribution in [0.5, 0.6) is 11.5 Å². The molecule has 2 N–H and O–H groups in total. The minimum absolute atomic E-state index is 0.0541. The predicted molar refractivity (Wildman–Crippen MR) is 75.6 cm³/mol. The molecule has 0 aromatic heterocycles.